The summed E-state index contributed by atoms with van der Waals surface area (Å²) in [5.41, 5.74) is 1.94. The lowest BCUT2D eigenvalue weighted by atomic mass is 10.0. The summed E-state index contributed by atoms with van der Waals surface area (Å²) in [4.78, 5) is 2.11. The first-order chi connectivity index (χ1) is 7.70. The average molecular weight is 210 g/mol. The molecule has 2 heteroatoms. The maximum atomic E-state index is 8.99. The van der Waals surface area contributed by atoms with Gasteiger partial charge in [-0.15, -0.1) is 0 Å². The molecule has 0 radical (unpaired) electrons. The van der Waals surface area contributed by atoms with Crippen molar-refractivity contribution in [1.82, 2.24) is 4.90 Å². The molecule has 0 aliphatic carbocycles. The molecule has 0 fully saturated rings. The average Bonchev–Trinajstić information content (AvgIpc) is 2.28. The van der Waals surface area contributed by atoms with E-state index in [0.717, 1.165) is 17.5 Å². The molecule has 0 atom stereocenters. The Bertz CT molecular complexity index is 550. The zero-order valence-corrected chi connectivity index (χ0v) is 9.57. The molecule has 0 aromatic heterocycles. The second kappa shape index (κ2) is 4.34. The molecule has 2 aromatic rings. The fourth-order valence-corrected chi connectivity index (χ4v) is 1.93. The zero-order chi connectivity index (χ0) is 11.5. The smallest absolute Gasteiger partial charge is 0.0991 e. The molecule has 0 amide bonds. The van der Waals surface area contributed by atoms with E-state index in [1.165, 1.54) is 10.9 Å². The normalized spacial score (nSPS) is 10.6. The summed E-state index contributed by atoms with van der Waals surface area (Å²) in [5, 5.41) is 11.4. The fourth-order valence-electron chi connectivity index (χ4n) is 1.93. The highest BCUT2D eigenvalue weighted by molar-refractivity contribution is 5.87. The molecule has 0 heterocycles. The van der Waals surface area contributed by atoms with Crippen LogP contribution in [0.2, 0.25) is 0 Å². The van der Waals surface area contributed by atoms with E-state index in [1.807, 2.05) is 38.4 Å². The summed E-state index contributed by atoms with van der Waals surface area (Å²) in [7, 11) is 4.07. The lowest BCUT2D eigenvalue weighted by Crippen LogP contribution is -2.11. The molecule has 0 aliphatic rings. The van der Waals surface area contributed by atoms with E-state index >= 15 is 0 Å². The third kappa shape index (κ3) is 2.05. The number of rotatable bonds is 2. The number of hydrogen-bond acceptors (Lipinski definition) is 2. The molecule has 0 bridgehead atoms. The minimum absolute atomic E-state index is 0.732. The highest BCUT2D eigenvalue weighted by Gasteiger charge is 2.04. The molecule has 2 rings (SSSR count). The molecule has 0 spiro atoms. The Hall–Kier alpha value is -1.85. The quantitative estimate of drug-likeness (QED) is 0.762. The van der Waals surface area contributed by atoms with Gasteiger partial charge in [-0.25, -0.2) is 0 Å². The largest absolute Gasteiger partial charge is 0.305 e. The Labute approximate surface area is 95.7 Å². The van der Waals surface area contributed by atoms with E-state index in [4.69, 9.17) is 5.26 Å². The summed E-state index contributed by atoms with van der Waals surface area (Å²) < 4.78 is 0. The van der Waals surface area contributed by atoms with Crippen LogP contribution in [0.5, 0.6) is 0 Å². The van der Waals surface area contributed by atoms with Gasteiger partial charge in [0.1, 0.15) is 0 Å². The molecular formula is C14H14N2. The maximum Gasteiger partial charge on any atom is 0.0991 e. The lowest BCUT2D eigenvalue weighted by Gasteiger charge is -2.12. The maximum absolute atomic E-state index is 8.99. The van der Waals surface area contributed by atoms with Crippen LogP contribution in [-0.2, 0) is 6.54 Å². The Morgan fingerprint density at radius 3 is 2.62 bits per heavy atom. The van der Waals surface area contributed by atoms with Gasteiger partial charge >= 0.3 is 0 Å². The van der Waals surface area contributed by atoms with Crippen LogP contribution in [0.25, 0.3) is 10.8 Å². The second-order valence-corrected chi connectivity index (χ2v) is 4.21. The van der Waals surface area contributed by atoms with Crippen LogP contribution in [0.1, 0.15) is 11.1 Å². The van der Waals surface area contributed by atoms with E-state index in [9.17, 15) is 0 Å². The molecule has 16 heavy (non-hydrogen) atoms. The summed E-state index contributed by atoms with van der Waals surface area (Å²) >= 11 is 0. The van der Waals surface area contributed by atoms with Gasteiger partial charge in [-0.2, -0.15) is 5.26 Å². The first-order valence-electron chi connectivity index (χ1n) is 5.27. The van der Waals surface area contributed by atoms with Crippen molar-refractivity contribution in [2.45, 2.75) is 6.54 Å². The Morgan fingerprint density at radius 1 is 1.19 bits per heavy atom. The monoisotopic (exact) mass is 210 g/mol. The molecule has 0 unspecified atom stereocenters. The van der Waals surface area contributed by atoms with Gasteiger partial charge in [0.05, 0.1) is 11.6 Å². The van der Waals surface area contributed by atoms with Crippen molar-refractivity contribution in [2.75, 3.05) is 14.1 Å². The third-order valence-electron chi connectivity index (χ3n) is 2.56. The third-order valence-corrected chi connectivity index (χ3v) is 2.56. The van der Waals surface area contributed by atoms with Gasteiger partial charge < -0.3 is 4.90 Å². The highest BCUT2D eigenvalue weighted by Crippen LogP contribution is 2.21. The van der Waals surface area contributed by atoms with E-state index in [0.29, 0.717) is 0 Å². The molecule has 0 saturated carbocycles. The van der Waals surface area contributed by atoms with Crippen molar-refractivity contribution in [3.63, 3.8) is 0 Å². The fraction of sp³-hybridized carbons (Fsp3) is 0.214. The minimum Gasteiger partial charge on any atom is -0.305 e. The van der Waals surface area contributed by atoms with Gasteiger partial charge in [0.15, 0.2) is 0 Å². The predicted molar refractivity (Wildman–Crippen MR) is 66.1 cm³/mol. The van der Waals surface area contributed by atoms with Gasteiger partial charge in [-0.3, -0.25) is 0 Å². The molecule has 80 valence electrons. The summed E-state index contributed by atoms with van der Waals surface area (Å²) in [5.74, 6) is 0. The van der Waals surface area contributed by atoms with Crippen LogP contribution in [-0.4, -0.2) is 19.0 Å². The summed E-state index contributed by atoms with van der Waals surface area (Å²) in [6.07, 6.45) is 0. The van der Waals surface area contributed by atoms with Crippen LogP contribution in [0.3, 0.4) is 0 Å². The Kier molecular flexibility index (Phi) is 2.89. The van der Waals surface area contributed by atoms with Gasteiger partial charge in [0.2, 0.25) is 0 Å². The SMILES string of the molecule is CN(C)Cc1cc(C#N)cc2ccccc12. The van der Waals surface area contributed by atoms with Crippen molar-refractivity contribution in [2.24, 2.45) is 0 Å². The molecule has 0 aliphatic heterocycles. The summed E-state index contributed by atoms with van der Waals surface area (Å²) in [6.45, 7) is 0.857. The number of nitriles is 1. The first-order valence-corrected chi connectivity index (χ1v) is 5.27. The first kappa shape index (κ1) is 10.7. The molecule has 2 nitrogen and oxygen atoms in total. The van der Waals surface area contributed by atoms with E-state index in [-0.39, 0.29) is 0 Å². The number of benzene rings is 2. The predicted octanol–water partition coefficient (Wildman–Crippen LogP) is 2.77. The topological polar surface area (TPSA) is 27.0 Å². The Balaban J connectivity index is 2.65. The molecular weight excluding hydrogens is 196 g/mol. The number of hydrogen-bond donors (Lipinski definition) is 0. The highest BCUT2D eigenvalue weighted by atomic mass is 15.0. The van der Waals surface area contributed by atoms with E-state index in [1.54, 1.807) is 0 Å². The van der Waals surface area contributed by atoms with Gasteiger partial charge in [-0.05, 0) is 42.6 Å². The van der Waals surface area contributed by atoms with E-state index < -0.39 is 0 Å². The van der Waals surface area contributed by atoms with Crippen LogP contribution < -0.4 is 0 Å². The van der Waals surface area contributed by atoms with E-state index in [2.05, 4.69) is 23.1 Å². The van der Waals surface area contributed by atoms with Crippen molar-refractivity contribution in [1.29, 1.82) is 5.26 Å². The van der Waals surface area contributed by atoms with Crippen LogP contribution in [0.4, 0.5) is 0 Å². The second-order valence-electron chi connectivity index (χ2n) is 4.21. The number of fused-ring (bicyclic) bond motifs is 1. The van der Waals surface area contributed by atoms with Crippen molar-refractivity contribution in [3.8, 4) is 6.07 Å². The standard InChI is InChI=1S/C14H14N2/c1-16(2)10-13-8-11(9-15)7-12-5-3-4-6-14(12)13/h3-8H,10H2,1-2H3. The van der Waals surface area contributed by atoms with Crippen LogP contribution in [0, 0.1) is 11.3 Å². The van der Waals surface area contributed by atoms with Crippen LogP contribution in [0.15, 0.2) is 36.4 Å². The molecule has 0 saturated heterocycles. The van der Waals surface area contributed by atoms with Crippen molar-refractivity contribution >= 4 is 10.8 Å². The zero-order valence-electron chi connectivity index (χ0n) is 9.57. The minimum atomic E-state index is 0.732. The van der Waals surface area contributed by atoms with Crippen LogP contribution >= 0.6 is 0 Å². The number of nitrogens with zero attached hydrogens (tertiary/aromatic N) is 2. The van der Waals surface area contributed by atoms with Crippen molar-refractivity contribution in [3.05, 3.63) is 47.5 Å². The van der Waals surface area contributed by atoms with Gasteiger partial charge in [0.25, 0.3) is 0 Å². The lowest BCUT2D eigenvalue weighted by molar-refractivity contribution is 0.404. The molecule has 0 N–H and O–H groups in total. The summed E-state index contributed by atoms with van der Waals surface area (Å²) in [6, 6.07) is 14.3. The molecule has 2 aromatic carbocycles. The van der Waals surface area contributed by atoms with Crippen molar-refractivity contribution < 1.29 is 0 Å². The van der Waals surface area contributed by atoms with Gasteiger partial charge in [0, 0.05) is 6.54 Å². The Morgan fingerprint density at radius 2 is 1.94 bits per heavy atom. The van der Waals surface area contributed by atoms with Gasteiger partial charge in [-0.1, -0.05) is 24.3 Å².